The van der Waals surface area contributed by atoms with Crippen LogP contribution in [0.1, 0.15) is 58.5 Å². The van der Waals surface area contributed by atoms with Crippen molar-refractivity contribution >= 4 is 23.4 Å². The normalized spacial score (nSPS) is 20.8. The van der Waals surface area contributed by atoms with Crippen LogP contribution in [-0.2, 0) is 9.53 Å². The second-order valence-corrected chi connectivity index (χ2v) is 10.5. The fourth-order valence-corrected chi connectivity index (χ4v) is 5.41. The van der Waals surface area contributed by atoms with Crippen molar-refractivity contribution in [2.24, 2.45) is 0 Å². The molecule has 0 bridgehead atoms. The lowest BCUT2D eigenvalue weighted by atomic mass is 9.94. The van der Waals surface area contributed by atoms with Crippen LogP contribution in [-0.4, -0.2) is 61.6 Å². The quantitative estimate of drug-likeness (QED) is 0.440. The zero-order valence-corrected chi connectivity index (χ0v) is 23.5. The third-order valence-corrected chi connectivity index (χ3v) is 7.69. The summed E-state index contributed by atoms with van der Waals surface area (Å²) in [5.41, 5.74) is 2.33. The molecule has 1 fully saturated rings. The van der Waals surface area contributed by atoms with E-state index in [1.807, 2.05) is 37.3 Å². The third-order valence-electron chi connectivity index (χ3n) is 7.69. The number of rotatable bonds is 7. The molecule has 0 spiro atoms. The number of hydrogen-bond donors (Lipinski definition) is 2. The van der Waals surface area contributed by atoms with Crippen LogP contribution < -0.4 is 20.1 Å². The molecule has 1 saturated heterocycles. The van der Waals surface area contributed by atoms with Crippen LogP contribution >= 0.6 is 0 Å². The first-order chi connectivity index (χ1) is 19.8. The number of likely N-dealkylation sites (N-methyl/N-ethyl adjacent to an activating group) is 1. The second-order valence-electron chi connectivity index (χ2n) is 10.5. The van der Waals surface area contributed by atoms with Crippen molar-refractivity contribution in [2.45, 2.75) is 50.5 Å². The van der Waals surface area contributed by atoms with Gasteiger partial charge in [-0.2, -0.15) is 0 Å². The van der Waals surface area contributed by atoms with E-state index in [-0.39, 0.29) is 55.0 Å². The van der Waals surface area contributed by atoms with E-state index in [0.717, 1.165) is 5.56 Å². The number of anilines is 1. The number of nitrogens with zero attached hydrogens (tertiary/aromatic N) is 1. The molecule has 0 saturated carbocycles. The Morgan fingerprint density at radius 1 is 1.05 bits per heavy atom. The van der Waals surface area contributed by atoms with Gasteiger partial charge in [0.25, 0.3) is 11.8 Å². The number of amides is 3. The molecule has 2 heterocycles. The van der Waals surface area contributed by atoms with Gasteiger partial charge >= 0.3 is 0 Å². The molecule has 2 aliphatic rings. The molecule has 0 unspecified atom stereocenters. The number of nitrogens with one attached hydrogen (secondary N) is 2. The van der Waals surface area contributed by atoms with Crippen LogP contribution in [0.25, 0.3) is 0 Å². The standard InChI is InChI=1S/C32H35N3O6/c1-20(21-8-5-4-6-9-21)33-30(36)18-25-13-14-27-29(41-25)19-40-28-15-12-23(17-26(28)32(38)35(27)2)34-31(37)22-10-7-11-24(16-22)39-3/h4-12,15-17,20,25,27,29H,13-14,18-19H2,1-3H3,(H,33,36)(H,34,37)/t20-,25+,27-,29-/m1/s1. The first-order valence-corrected chi connectivity index (χ1v) is 13.8. The fraction of sp³-hybridized carbons (Fsp3) is 0.344. The van der Waals surface area contributed by atoms with Gasteiger partial charge in [-0.25, -0.2) is 0 Å². The Bertz CT molecular complexity index is 1410. The highest BCUT2D eigenvalue weighted by atomic mass is 16.5. The smallest absolute Gasteiger partial charge is 0.257 e. The summed E-state index contributed by atoms with van der Waals surface area (Å²) >= 11 is 0. The molecule has 3 amide bonds. The molecule has 9 nitrogen and oxygen atoms in total. The van der Waals surface area contributed by atoms with E-state index in [4.69, 9.17) is 14.2 Å². The Morgan fingerprint density at radius 2 is 1.85 bits per heavy atom. The zero-order valence-electron chi connectivity index (χ0n) is 23.5. The maximum Gasteiger partial charge on any atom is 0.257 e. The molecular weight excluding hydrogens is 522 g/mol. The molecule has 0 aromatic heterocycles. The molecule has 3 aromatic carbocycles. The summed E-state index contributed by atoms with van der Waals surface area (Å²) in [5, 5.41) is 5.90. The number of methoxy groups -OCH3 is 1. The van der Waals surface area contributed by atoms with Gasteiger partial charge in [-0.3, -0.25) is 14.4 Å². The average Bonchev–Trinajstić information content (AvgIpc) is 2.99. The van der Waals surface area contributed by atoms with E-state index in [1.165, 1.54) is 0 Å². The largest absolute Gasteiger partial charge is 0.497 e. The van der Waals surface area contributed by atoms with Gasteiger partial charge in [0, 0.05) is 18.3 Å². The topological polar surface area (TPSA) is 106 Å². The minimum atomic E-state index is -0.373. The van der Waals surface area contributed by atoms with Crippen molar-refractivity contribution in [3.8, 4) is 11.5 Å². The molecular formula is C32H35N3O6. The Hall–Kier alpha value is -4.37. The number of carbonyl (C=O) groups excluding carboxylic acids is 3. The summed E-state index contributed by atoms with van der Waals surface area (Å²) in [7, 11) is 3.30. The SMILES string of the molecule is COc1cccc(C(=O)Nc2ccc3c(c2)C(=O)N(C)[C@@H]2CC[C@@H](CC(=O)N[C@H](C)c4ccccc4)O[C@@H]2CO3)c1. The molecule has 4 atom stereocenters. The molecule has 0 aliphatic carbocycles. The van der Waals surface area contributed by atoms with Crippen molar-refractivity contribution in [1.29, 1.82) is 0 Å². The summed E-state index contributed by atoms with van der Waals surface area (Å²) in [6.07, 6.45) is 0.937. The van der Waals surface area contributed by atoms with Crippen LogP contribution in [0.3, 0.4) is 0 Å². The highest BCUT2D eigenvalue weighted by Crippen LogP contribution is 2.33. The van der Waals surface area contributed by atoms with Crippen molar-refractivity contribution in [1.82, 2.24) is 10.2 Å². The van der Waals surface area contributed by atoms with Crippen LogP contribution in [0.5, 0.6) is 11.5 Å². The van der Waals surface area contributed by atoms with Crippen molar-refractivity contribution in [2.75, 3.05) is 26.1 Å². The van der Waals surface area contributed by atoms with E-state index in [1.54, 1.807) is 61.5 Å². The number of fused-ring (bicyclic) bond motifs is 2. The van der Waals surface area contributed by atoms with E-state index < -0.39 is 0 Å². The number of carbonyl (C=O) groups is 3. The van der Waals surface area contributed by atoms with E-state index in [9.17, 15) is 14.4 Å². The lowest BCUT2D eigenvalue weighted by Gasteiger charge is -2.42. The van der Waals surface area contributed by atoms with Crippen LogP contribution in [0, 0.1) is 0 Å². The third kappa shape index (κ3) is 6.52. The summed E-state index contributed by atoms with van der Waals surface area (Å²) in [6.45, 7) is 2.20. The van der Waals surface area contributed by atoms with E-state index in [0.29, 0.717) is 41.2 Å². The van der Waals surface area contributed by atoms with Gasteiger partial charge in [0.1, 0.15) is 24.2 Å². The number of hydrogen-bond acceptors (Lipinski definition) is 6. The Kier molecular flexibility index (Phi) is 8.54. The monoisotopic (exact) mass is 557 g/mol. The summed E-state index contributed by atoms with van der Waals surface area (Å²) in [6, 6.07) is 21.4. The predicted molar refractivity (Wildman–Crippen MR) is 154 cm³/mol. The van der Waals surface area contributed by atoms with Gasteiger partial charge in [-0.05, 0) is 61.7 Å². The fourth-order valence-electron chi connectivity index (χ4n) is 5.41. The predicted octanol–water partition coefficient (Wildman–Crippen LogP) is 4.60. The van der Waals surface area contributed by atoms with Crippen LogP contribution in [0.2, 0.25) is 0 Å². The molecule has 9 heteroatoms. The summed E-state index contributed by atoms with van der Waals surface area (Å²) in [4.78, 5) is 40.8. The van der Waals surface area contributed by atoms with E-state index in [2.05, 4.69) is 10.6 Å². The summed E-state index contributed by atoms with van der Waals surface area (Å²) in [5.74, 6) is 0.388. The average molecular weight is 558 g/mol. The first kappa shape index (κ1) is 28.2. The second kappa shape index (κ2) is 12.4. The molecule has 214 valence electrons. The lowest BCUT2D eigenvalue weighted by Crippen LogP contribution is -2.54. The molecule has 2 aliphatic heterocycles. The Morgan fingerprint density at radius 3 is 2.63 bits per heavy atom. The highest BCUT2D eigenvalue weighted by Gasteiger charge is 2.39. The van der Waals surface area contributed by atoms with Crippen molar-refractivity contribution in [3.05, 3.63) is 89.5 Å². The first-order valence-electron chi connectivity index (χ1n) is 13.8. The Balaban J connectivity index is 1.23. The molecule has 41 heavy (non-hydrogen) atoms. The van der Waals surface area contributed by atoms with Gasteiger partial charge in [-0.15, -0.1) is 0 Å². The van der Waals surface area contributed by atoms with Crippen molar-refractivity contribution in [3.63, 3.8) is 0 Å². The van der Waals surface area contributed by atoms with Gasteiger partial charge in [0.2, 0.25) is 5.91 Å². The Labute approximate surface area is 239 Å². The maximum absolute atomic E-state index is 13.5. The number of benzene rings is 3. The number of ether oxygens (including phenoxy) is 3. The molecule has 3 aromatic rings. The summed E-state index contributed by atoms with van der Waals surface area (Å²) < 4.78 is 17.6. The molecule has 2 N–H and O–H groups in total. The van der Waals surface area contributed by atoms with Crippen molar-refractivity contribution < 1.29 is 28.6 Å². The van der Waals surface area contributed by atoms with Gasteiger partial charge < -0.3 is 29.7 Å². The van der Waals surface area contributed by atoms with E-state index >= 15 is 0 Å². The van der Waals surface area contributed by atoms with Gasteiger partial charge in [0.05, 0.1) is 37.3 Å². The molecule has 0 radical (unpaired) electrons. The molecule has 5 rings (SSSR count). The minimum Gasteiger partial charge on any atom is -0.497 e. The highest BCUT2D eigenvalue weighted by molar-refractivity contribution is 6.05. The van der Waals surface area contributed by atoms with Crippen LogP contribution in [0.15, 0.2) is 72.8 Å². The minimum absolute atomic E-state index is 0.0742. The van der Waals surface area contributed by atoms with Gasteiger partial charge in [-0.1, -0.05) is 36.4 Å². The zero-order chi connectivity index (χ0) is 28.9. The van der Waals surface area contributed by atoms with Crippen LogP contribution in [0.4, 0.5) is 5.69 Å². The lowest BCUT2D eigenvalue weighted by molar-refractivity contribution is -0.134. The maximum atomic E-state index is 13.5. The van der Waals surface area contributed by atoms with Gasteiger partial charge in [0.15, 0.2) is 0 Å².